The summed E-state index contributed by atoms with van der Waals surface area (Å²) in [5.41, 5.74) is 0. The number of carbonyl (C=O) groups excluding carboxylic acids is 1. The van der Waals surface area contributed by atoms with Crippen LogP contribution in [-0.2, 0) is 4.79 Å². The SMILES string of the molecule is CCNCC(C)C(=O)N1CCN2CCCC2C1. The molecule has 0 aromatic carbocycles. The maximum Gasteiger partial charge on any atom is 0.226 e. The lowest BCUT2D eigenvalue weighted by Crippen LogP contribution is -2.53. The zero-order valence-electron chi connectivity index (χ0n) is 11.1. The predicted molar refractivity (Wildman–Crippen MR) is 68.9 cm³/mol. The van der Waals surface area contributed by atoms with E-state index in [0.29, 0.717) is 11.9 Å². The monoisotopic (exact) mass is 239 g/mol. The van der Waals surface area contributed by atoms with Crippen molar-refractivity contribution in [3.8, 4) is 0 Å². The fraction of sp³-hybridized carbons (Fsp3) is 0.923. The molecule has 4 heteroatoms. The standard InChI is InChI=1S/C13H25N3O/c1-3-14-9-11(2)13(17)16-8-7-15-6-4-5-12(15)10-16/h11-12,14H,3-10H2,1-2H3. The highest BCUT2D eigenvalue weighted by atomic mass is 16.2. The molecule has 2 rings (SSSR count). The first-order valence-corrected chi connectivity index (χ1v) is 6.96. The second-order valence-corrected chi connectivity index (χ2v) is 5.32. The van der Waals surface area contributed by atoms with Crippen molar-refractivity contribution in [2.45, 2.75) is 32.7 Å². The first-order chi connectivity index (χ1) is 8.22. The highest BCUT2D eigenvalue weighted by molar-refractivity contribution is 5.78. The van der Waals surface area contributed by atoms with Crippen molar-refractivity contribution >= 4 is 5.91 Å². The van der Waals surface area contributed by atoms with Crippen LogP contribution in [-0.4, -0.2) is 61.0 Å². The molecule has 0 aromatic heterocycles. The van der Waals surface area contributed by atoms with Gasteiger partial charge >= 0.3 is 0 Å². The van der Waals surface area contributed by atoms with Crippen molar-refractivity contribution in [2.24, 2.45) is 5.92 Å². The van der Waals surface area contributed by atoms with E-state index >= 15 is 0 Å². The molecule has 0 spiro atoms. The van der Waals surface area contributed by atoms with Crippen LogP contribution in [0.1, 0.15) is 26.7 Å². The number of nitrogens with zero attached hydrogens (tertiary/aromatic N) is 2. The quantitative estimate of drug-likeness (QED) is 0.778. The first-order valence-electron chi connectivity index (χ1n) is 6.96. The summed E-state index contributed by atoms with van der Waals surface area (Å²) in [5, 5.41) is 3.26. The van der Waals surface area contributed by atoms with Gasteiger partial charge in [-0.15, -0.1) is 0 Å². The fourth-order valence-electron chi connectivity index (χ4n) is 2.95. The van der Waals surface area contributed by atoms with Crippen molar-refractivity contribution < 1.29 is 4.79 Å². The van der Waals surface area contributed by atoms with E-state index in [0.717, 1.165) is 32.7 Å². The van der Waals surface area contributed by atoms with E-state index in [2.05, 4.69) is 22.0 Å². The Morgan fingerprint density at radius 2 is 2.24 bits per heavy atom. The van der Waals surface area contributed by atoms with Crippen molar-refractivity contribution in [1.82, 2.24) is 15.1 Å². The van der Waals surface area contributed by atoms with E-state index < -0.39 is 0 Å². The summed E-state index contributed by atoms with van der Waals surface area (Å²) >= 11 is 0. The summed E-state index contributed by atoms with van der Waals surface area (Å²) < 4.78 is 0. The van der Waals surface area contributed by atoms with Crippen LogP contribution in [0.4, 0.5) is 0 Å². The molecule has 2 unspecified atom stereocenters. The number of carbonyl (C=O) groups is 1. The van der Waals surface area contributed by atoms with Gasteiger partial charge in [-0.3, -0.25) is 9.69 Å². The van der Waals surface area contributed by atoms with Crippen molar-refractivity contribution in [2.75, 3.05) is 39.3 Å². The Morgan fingerprint density at radius 3 is 3.00 bits per heavy atom. The average molecular weight is 239 g/mol. The minimum Gasteiger partial charge on any atom is -0.340 e. The third-order valence-electron chi connectivity index (χ3n) is 4.02. The summed E-state index contributed by atoms with van der Waals surface area (Å²) in [5.74, 6) is 0.445. The Labute approximate surface area is 104 Å². The van der Waals surface area contributed by atoms with Gasteiger partial charge in [-0.2, -0.15) is 0 Å². The van der Waals surface area contributed by atoms with E-state index in [1.54, 1.807) is 0 Å². The number of amides is 1. The third-order valence-corrected chi connectivity index (χ3v) is 4.02. The van der Waals surface area contributed by atoms with Crippen molar-refractivity contribution in [3.63, 3.8) is 0 Å². The Morgan fingerprint density at radius 1 is 1.41 bits per heavy atom. The van der Waals surface area contributed by atoms with Crippen LogP contribution in [0.5, 0.6) is 0 Å². The Bertz CT molecular complexity index is 269. The highest BCUT2D eigenvalue weighted by Gasteiger charge is 2.33. The van der Waals surface area contributed by atoms with Gasteiger partial charge in [-0.05, 0) is 25.9 Å². The number of hydrogen-bond donors (Lipinski definition) is 1. The van der Waals surface area contributed by atoms with Crippen LogP contribution in [0.25, 0.3) is 0 Å². The molecule has 17 heavy (non-hydrogen) atoms. The highest BCUT2D eigenvalue weighted by Crippen LogP contribution is 2.22. The molecule has 0 bridgehead atoms. The molecule has 1 N–H and O–H groups in total. The minimum atomic E-state index is 0.114. The second kappa shape index (κ2) is 5.83. The molecule has 2 atom stereocenters. The number of fused-ring (bicyclic) bond motifs is 1. The lowest BCUT2D eigenvalue weighted by Gasteiger charge is -2.38. The van der Waals surface area contributed by atoms with Crippen LogP contribution in [0, 0.1) is 5.92 Å². The number of rotatable bonds is 4. The largest absolute Gasteiger partial charge is 0.340 e. The molecule has 0 aromatic rings. The van der Waals surface area contributed by atoms with Gasteiger partial charge in [0, 0.05) is 38.1 Å². The molecule has 0 saturated carbocycles. The van der Waals surface area contributed by atoms with Gasteiger partial charge in [-0.1, -0.05) is 13.8 Å². The number of hydrogen-bond acceptors (Lipinski definition) is 3. The van der Waals surface area contributed by atoms with Crippen molar-refractivity contribution in [1.29, 1.82) is 0 Å². The van der Waals surface area contributed by atoms with Gasteiger partial charge in [0.05, 0.1) is 0 Å². The zero-order valence-corrected chi connectivity index (χ0v) is 11.1. The van der Waals surface area contributed by atoms with E-state index in [-0.39, 0.29) is 5.92 Å². The van der Waals surface area contributed by atoms with Gasteiger partial charge in [0.25, 0.3) is 0 Å². The summed E-state index contributed by atoms with van der Waals surface area (Å²) in [6.45, 7) is 10.0. The Balaban J connectivity index is 1.83. The molecule has 4 nitrogen and oxygen atoms in total. The van der Waals surface area contributed by atoms with Crippen LogP contribution >= 0.6 is 0 Å². The molecule has 2 fully saturated rings. The molecule has 1 amide bonds. The second-order valence-electron chi connectivity index (χ2n) is 5.32. The molecular weight excluding hydrogens is 214 g/mol. The summed E-state index contributed by atoms with van der Waals surface area (Å²) in [6.07, 6.45) is 2.57. The lowest BCUT2D eigenvalue weighted by atomic mass is 10.1. The molecule has 0 radical (unpaired) electrons. The molecule has 2 aliphatic rings. The van der Waals surface area contributed by atoms with Crippen molar-refractivity contribution in [3.05, 3.63) is 0 Å². The van der Waals surface area contributed by atoms with Crippen LogP contribution < -0.4 is 5.32 Å². The van der Waals surface area contributed by atoms with E-state index in [1.165, 1.54) is 19.4 Å². The van der Waals surface area contributed by atoms with Crippen LogP contribution in [0.2, 0.25) is 0 Å². The summed E-state index contributed by atoms with van der Waals surface area (Å²) in [4.78, 5) is 16.9. The molecule has 98 valence electrons. The average Bonchev–Trinajstić information content (AvgIpc) is 2.81. The van der Waals surface area contributed by atoms with E-state index in [1.807, 2.05) is 6.92 Å². The number of piperazine rings is 1. The molecule has 2 aliphatic heterocycles. The molecule has 2 saturated heterocycles. The van der Waals surface area contributed by atoms with E-state index in [9.17, 15) is 4.79 Å². The Kier molecular flexibility index (Phi) is 4.40. The summed E-state index contributed by atoms with van der Waals surface area (Å²) in [7, 11) is 0. The van der Waals surface area contributed by atoms with Gasteiger partial charge in [0.1, 0.15) is 0 Å². The summed E-state index contributed by atoms with van der Waals surface area (Å²) in [6, 6.07) is 0.638. The topological polar surface area (TPSA) is 35.6 Å². The molecule has 2 heterocycles. The van der Waals surface area contributed by atoms with Crippen LogP contribution in [0.3, 0.4) is 0 Å². The van der Waals surface area contributed by atoms with Gasteiger partial charge < -0.3 is 10.2 Å². The third kappa shape index (κ3) is 2.99. The minimum absolute atomic E-state index is 0.114. The number of nitrogens with one attached hydrogen (secondary N) is 1. The smallest absolute Gasteiger partial charge is 0.226 e. The molecular formula is C13H25N3O. The normalized spacial score (nSPS) is 26.9. The van der Waals surface area contributed by atoms with Crippen LogP contribution in [0.15, 0.2) is 0 Å². The van der Waals surface area contributed by atoms with Gasteiger partial charge in [0.15, 0.2) is 0 Å². The fourth-order valence-corrected chi connectivity index (χ4v) is 2.95. The molecule has 0 aliphatic carbocycles. The van der Waals surface area contributed by atoms with E-state index in [4.69, 9.17) is 0 Å². The first kappa shape index (κ1) is 12.8. The maximum atomic E-state index is 12.3. The Hall–Kier alpha value is -0.610. The maximum absolute atomic E-state index is 12.3. The zero-order chi connectivity index (χ0) is 12.3. The van der Waals surface area contributed by atoms with Gasteiger partial charge in [-0.25, -0.2) is 0 Å². The van der Waals surface area contributed by atoms with Gasteiger partial charge in [0.2, 0.25) is 5.91 Å². The lowest BCUT2D eigenvalue weighted by molar-refractivity contribution is -0.137. The predicted octanol–water partition coefficient (Wildman–Crippen LogP) is 0.539.